The predicted molar refractivity (Wildman–Crippen MR) is 336 cm³/mol. The molecule has 1 aliphatic carbocycles. The van der Waals surface area contributed by atoms with Crippen LogP contribution in [-0.4, -0.2) is 11.8 Å². The molecule has 78 heavy (non-hydrogen) atoms. The van der Waals surface area contributed by atoms with Gasteiger partial charge < -0.3 is 19.5 Å². The summed E-state index contributed by atoms with van der Waals surface area (Å²) in [5.41, 5.74) is 19.4. The topological polar surface area (TPSA) is 29.4 Å². The van der Waals surface area contributed by atoms with Gasteiger partial charge in [0.2, 0.25) is 0 Å². The number of nitrogens with zero attached hydrogens (tertiary/aromatic N) is 2. The number of nitrogens with one attached hydrogen (secondary N) is 1. The van der Waals surface area contributed by atoms with Crippen molar-refractivity contribution in [3.05, 3.63) is 192 Å². The van der Waals surface area contributed by atoms with Crippen LogP contribution in [0.5, 0.6) is 11.5 Å². The van der Waals surface area contributed by atoms with Crippen LogP contribution in [0.4, 0.5) is 28.4 Å². The number of aromatic nitrogens is 1. The number of hydrogen-bond donors (Lipinski definition) is 1. The Morgan fingerprint density at radius 3 is 1.72 bits per heavy atom. The van der Waals surface area contributed by atoms with Crippen LogP contribution in [0, 0.1) is 0 Å². The maximum atomic E-state index is 6.81. The first-order chi connectivity index (χ1) is 37.4. The van der Waals surface area contributed by atoms with Crippen LogP contribution in [0.3, 0.4) is 0 Å². The zero-order valence-corrected chi connectivity index (χ0v) is 47.2. The van der Waals surface area contributed by atoms with E-state index < -0.39 is 0 Å². The van der Waals surface area contributed by atoms with Crippen molar-refractivity contribution in [3.63, 3.8) is 0 Å². The third kappa shape index (κ3) is 6.97. The fraction of sp³-hybridized carbons (Fsp3) is 0.222. The third-order valence-electron chi connectivity index (χ3n) is 17.9. The number of anilines is 5. The van der Waals surface area contributed by atoms with Gasteiger partial charge in [0.25, 0.3) is 0 Å². The van der Waals surface area contributed by atoms with Gasteiger partial charge in [-0.05, 0) is 157 Å². The molecule has 0 atom stereocenters. The summed E-state index contributed by atoms with van der Waals surface area (Å²) in [6.45, 7) is 23.6. The van der Waals surface area contributed by atoms with Crippen LogP contribution in [0.15, 0.2) is 170 Å². The van der Waals surface area contributed by atoms with Crippen molar-refractivity contribution in [1.82, 2.24) is 4.57 Å². The number of ether oxygens (including phenoxy) is 1. The summed E-state index contributed by atoms with van der Waals surface area (Å²) in [6.07, 6.45) is 2.35. The van der Waals surface area contributed by atoms with Crippen molar-refractivity contribution in [1.29, 1.82) is 0 Å². The Labute approximate surface area is 462 Å². The van der Waals surface area contributed by atoms with Gasteiger partial charge in [-0.1, -0.05) is 172 Å². The molecule has 10 aromatic carbocycles. The van der Waals surface area contributed by atoms with E-state index in [1.165, 1.54) is 115 Å². The van der Waals surface area contributed by atoms with E-state index in [2.05, 4.69) is 261 Å². The molecule has 1 radical (unpaired) electrons. The Balaban J connectivity index is 1.13. The molecule has 4 nitrogen and oxygen atoms in total. The Morgan fingerprint density at radius 2 is 1.05 bits per heavy atom. The number of para-hydroxylation sites is 4. The molecule has 2 aromatic heterocycles. The van der Waals surface area contributed by atoms with Crippen LogP contribution in [-0.2, 0) is 21.7 Å². The summed E-state index contributed by atoms with van der Waals surface area (Å²) in [5, 5.41) is 14.2. The van der Waals surface area contributed by atoms with E-state index in [0.29, 0.717) is 0 Å². The molecular formula is C72H63BN3OS. The normalized spacial score (nSPS) is 15.3. The highest BCUT2D eigenvalue weighted by atomic mass is 32.1. The number of fused-ring (bicyclic) bond motifs is 16. The fourth-order valence-electron chi connectivity index (χ4n) is 13.5. The van der Waals surface area contributed by atoms with E-state index in [4.69, 9.17) is 4.74 Å². The summed E-state index contributed by atoms with van der Waals surface area (Å²) in [7, 11) is 2.52. The largest absolute Gasteiger partial charge is 0.453 e. The van der Waals surface area contributed by atoms with Crippen molar-refractivity contribution in [2.24, 2.45) is 0 Å². The van der Waals surface area contributed by atoms with E-state index in [1.54, 1.807) is 0 Å². The van der Waals surface area contributed by atoms with Crippen LogP contribution in [0.2, 0.25) is 0 Å². The third-order valence-corrected chi connectivity index (χ3v) is 19.0. The van der Waals surface area contributed by atoms with Gasteiger partial charge >= 0.3 is 0 Å². The second kappa shape index (κ2) is 16.4. The molecule has 0 saturated carbocycles. The maximum absolute atomic E-state index is 6.81. The number of hydrogen-bond acceptors (Lipinski definition) is 4. The molecule has 2 aliphatic heterocycles. The van der Waals surface area contributed by atoms with Crippen molar-refractivity contribution in [2.75, 3.05) is 10.2 Å². The minimum atomic E-state index is -0.0561. The summed E-state index contributed by atoms with van der Waals surface area (Å²) in [4.78, 5) is 2.49. The van der Waals surface area contributed by atoms with Gasteiger partial charge in [0, 0.05) is 59.0 Å². The molecule has 15 rings (SSSR count). The van der Waals surface area contributed by atoms with Crippen molar-refractivity contribution in [3.8, 4) is 28.3 Å². The van der Waals surface area contributed by atoms with Crippen molar-refractivity contribution in [2.45, 2.75) is 104 Å². The predicted octanol–water partition coefficient (Wildman–Crippen LogP) is 19.4. The van der Waals surface area contributed by atoms with Gasteiger partial charge in [0.05, 0.1) is 28.1 Å². The average molecular weight is 1030 g/mol. The van der Waals surface area contributed by atoms with Gasteiger partial charge in [-0.25, -0.2) is 0 Å². The molecule has 381 valence electrons. The number of thiophene rings is 1. The summed E-state index contributed by atoms with van der Waals surface area (Å²) in [5.74, 6) is 1.66. The first kappa shape index (κ1) is 47.4. The van der Waals surface area contributed by atoms with Gasteiger partial charge in [0.1, 0.15) is 0 Å². The first-order valence-electron chi connectivity index (χ1n) is 27.9. The lowest BCUT2D eigenvalue weighted by atomic mass is 9.58. The monoisotopic (exact) mass is 1030 g/mol. The Kier molecular flexibility index (Phi) is 9.96. The minimum absolute atomic E-state index is 0.0268. The lowest BCUT2D eigenvalue weighted by molar-refractivity contribution is 0.332. The van der Waals surface area contributed by atoms with E-state index in [-0.39, 0.29) is 21.7 Å². The van der Waals surface area contributed by atoms with E-state index in [0.717, 1.165) is 51.1 Å². The molecule has 4 heterocycles. The molecule has 6 heteroatoms. The zero-order chi connectivity index (χ0) is 53.4. The second-order valence-corrected chi connectivity index (χ2v) is 27.0. The molecule has 3 aliphatic rings. The average Bonchev–Trinajstić information content (AvgIpc) is 3.48. The van der Waals surface area contributed by atoms with E-state index in [9.17, 15) is 0 Å². The molecule has 0 bridgehead atoms. The van der Waals surface area contributed by atoms with Gasteiger partial charge in [0.15, 0.2) is 18.8 Å². The van der Waals surface area contributed by atoms with E-state index >= 15 is 0 Å². The summed E-state index contributed by atoms with van der Waals surface area (Å²) < 4.78 is 12.1. The summed E-state index contributed by atoms with van der Waals surface area (Å²) in [6, 6.07) is 64.3. The number of rotatable bonds is 4. The van der Waals surface area contributed by atoms with Gasteiger partial charge in [-0.3, -0.25) is 0 Å². The lowest BCUT2D eigenvalue weighted by Gasteiger charge is -2.41. The van der Waals surface area contributed by atoms with Crippen LogP contribution >= 0.6 is 11.3 Å². The maximum Gasteiger partial charge on any atom is 0.197 e. The molecule has 1 N–H and O–H groups in total. The molecule has 0 spiro atoms. The minimum Gasteiger partial charge on any atom is -0.453 e. The summed E-state index contributed by atoms with van der Waals surface area (Å²) >= 11 is 1.94. The van der Waals surface area contributed by atoms with Crippen LogP contribution < -0.4 is 25.9 Å². The SMILES string of the molecule is CC(C)(C)c1ccc(Nc2cc3c(cc2-c2cc(N4c5ccccc5Oc5ccccc54)c4c5c6ccccc6c6ccccc6c5n5c4c2[B]c2cc(C(C)(C)C)ccc2-5)sc2cc4c(cc23)C(C)(C)CCC4(C)C)cc1. The smallest absolute Gasteiger partial charge is 0.197 e. The highest BCUT2D eigenvalue weighted by molar-refractivity contribution is 7.25. The van der Waals surface area contributed by atoms with Crippen molar-refractivity contribution < 1.29 is 4.74 Å². The Morgan fingerprint density at radius 1 is 0.487 bits per heavy atom. The zero-order valence-electron chi connectivity index (χ0n) is 46.4. The van der Waals surface area contributed by atoms with E-state index in [1.807, 2.05) is 11.3 Å². The second-order valence-electron chi connectivity index (χ2n) is 25.9. The fourth-order valence-corrected chi connectivity index (χ4v) is 14.7. The quantitative estimate of drug-likeness (QED) is 0.141. The highest BCUT2D eigenvalue weighted by Crippen LogP contribution is 2.56. The highest BCUT2D eigenvalue weighted by Gasteiger charge is 2.39. The van der Waals surface area contributed by atoms with Crippen molar-refractivity contribution >= 4 is 122 Å². The van der Waals surface area contributed by atoms with Crippen LogP contribution in [0.25, 0.3) is 80.3 Å². The molecule has 0 fully saturated rings. The molecule has 0 amide bonds. The standard InChI is InChI=1S/C72H63BN3OS/c1-69(2,3)41-27-30-43(31-28-41)74-55-37-50-49-36-52-53(72(9,10)34-33-71(52,7)8)40-63(49)78-62(50)39-48(55)51-38-59(75-57-23-15-17-25-60(57)77-61-26-18-16-24-58(61)75)65-64-46-21-13-11-19-44(46)45-20-12-14-22-47(45)67(64)76-56-32-29-42(70(4,5)6)35-54(56)73-66(51)68(65)76/h11-32,35-40,74H,33-34H2,1-10H3. The molecule has 0 saturated heterocycles. The molecular weight excluding hydrogens is 966 g/mol. The van der Waals surface area contributed by atoms with Crippen LogP contribution in [0.1, 0.15) is 104 Å². The Bertz CT molecular complexity index is 4510. The first-order valence-corrected chi connectivity index (χ1v) is 28.8. The number of benzene rings is 10. The molecule has 0 unspecified atom stereocenters. The van der Waals surface area contributed by atoms with Gasteiger partial charge in [-0.15, -0.1) is 11.3 Å². The lowest BCUT2D eigenvalue weighted by Crippen LogP contribution is -2.38. The Hall–Kier alpha value is -7.80. The van der Waals surface area contributed by atoms with Gasteiger partial charge in [-0.2, -0.15) is 0 Å². The molecule has 12 aromatic rings.